The molecule has 1 aliphatic rings. The van der Waals surface area contributed by atoms with Crippen LogP contribution in [-0.4, -0.2) is 24.5 Å². The fourth-order valence-electron chi connectivity index (χ4n) is 3.31. The van der Waals surface area contributed by atoms with Gasteiger partial charge in [-0.15, -0.1) is 0 Å². The average Bonchev–Trinajstić information content (AvgIpc) is 2.87. The highest BCUT2D eigenvalue weighted by molar-refractivity contribution is 6.30. The second-order valence-electron chi connectivity index (χ2n) is 5.84. The van der Waals surface area contributed by atoms with E-state index in [9.17, 15) is 4.39 Å². The number of benzene rings is 1. The predicted molar refractivity (Wildman–Crippen MR) is 82.4 cm³/mol. The van der Waals surface area contributed by atoms with Crippen molar-refractivity contribution in [1.29, 1.82) is 0 Å². The van der Waals surface area contributed by atoms with E-state index in [2.05, 4.69) is 18.7 Å². The number of halogens is 2. The fraction of sp³-hybridized carbons (Fsp3) is 0.625. The molecule has 0 aromatic heterocycles. The van der Waals surface area contributed by atoms with Gasteiger partial charge in [0, 0.05) is 29.7 Å². The third kappa shape index (κ3) is 3.00. The van der Waals surface area contributed by atoms with Gasteiger partial charge in [0.25, 0.3) is 0 Å². The zero-order chi connectivity index (χ0) is 14.8. The Balaban J connectivity index is 2.21. The molecule has 1 aliphatic heterocycles. The number of nitrogens with zero attached hydrogens (tertiary/aromatic N) is 1. The molecule has 0 radical (unpaired) electrons. The van der Waals surface area contributed by atoms with E-state index in [-0.39, 0.29) is 11.9 Å². The number of hydrogen-bond acceptors (Lipinski definition) is 2. The first-order valence-corrected chi connectivity index (χ1v) is 7.82. The predicted octanol–water partition coefficient (Wildman–Crippen LogP) is 3.99. The van der Waals surface area contributed by atoms with Crippen molar-refractivity contribution in [2.75, 3.05) is 19.6 Å². The second kappa shape index (κ2) is 6.42. The molecule has 20 heavy (non-hydrogen) atoms. The molecule has 1 aromatic carbocycles. The highest BCUT2D eigenvalue weighted by Crippen LogP contribution is 2.40. The van der Waals surface area contributed by atoms with Crippen molar-refractivity contribution in [2.45, 2.75) is 39.2 Å². The van der Waals surface area contributed by atoms with E-state index in [0.29, 0.717) is 22.5 Å². The normalized spacial score (nSPS) is 20.2. The van der Waals surface area contributed by atoms with Crippen molar-refractivity contribution in [3.8, 4) is 0 Å². The molecule has 0 saturated carbocycles. The Morgan fingerprint density at radius 3 is 2.60 bits per heavy atom. The standard InChI is InChI=1S/C16H24ClFN2/c1-3-16(4-2)7-8-20(11-16)15(10-19)13-6-5-12(17)9-14(13)18/h5-6,9,15H,3-4,7-8,10-11,19H2,1-2H3. The highest BCUT2D eigenvalue weighted by Gasteiger charge is 2.38. The summed E-state index contributed by atoms with van der Waals surface area (Å²) in [6.07, 6.45) is 3.51. The summed E-state index contributed by atoms with van der Waals surface area (Å²) in [5.41, 5.74) is 6.96. The number of rotatable bonds is 5. The molecule has 1 fully saturated rings. The third-order valence-corrected chi connectivity index (χ3v) is 5.19. The average molecular weight is 299 g/mol. The quantitative estimate of drug-likeness (QED) is 0.890. The molecule has 0 aliphatic carbocycles. The van der Waals surface area contributed by atoms with E-state index < -0.39 is 0 Å². The van der Waals surface area contributed by atoms with E-state index in [1.54, 1.807) is 12.1 Å². The van der Waals surface area contributed by atoms with Gasteiger partial charge in [-0.25, -0.2) is 4.39 Å². The Hall–Kier alpha value is -0.640. The van der Waals surface area contributed by atoms with Crippen LogP contribution in [0.4, 0.5) is 4.39 Å². The fourth-order valence-corrected chi connectivity index (χ4v) is 3.47. The van der Waals surface area contributed by atoms with Gasteiger partial charge >= 0.3 is 0 Å². The molecule has 112 valence electrons. The van der Waals surface area contributed by atoms with Crippen molar-refractivity contribution in [1.82, 2.24) is 4.90 Å². The molecule has 0 amide bonds. The van der Waals surface area contributed by atoms with E-state index in [0.717, 1.165) is 13.1 Å². The lowest BCUT2D eigenvalue weighted by Gasteiger charge is -2.31. The summed E-state index contributed by atoms with van der Waals surface area (Å²) in [7, 11) is 0. The van der Waals surface area contributed by atoms with E-state index in [1.807, 2.05) is 0 Å². The molecular formula is C16H24ClFN2. The minimum atomic E-state index is -0.251. The summed E-state index contributed by atoms with van der Waals surface area (Å²) >= 11 is 5.83. The maximum atomic E-state index is 14.1. The van der Waals surface area contributed by atoms with Gasteiger partial charge in [-0.05, 0) is 43.4 Å². The van der Waals surface area contributed by atoms with Gasteiger partial charge in [-0.2, -0.15) is 0 Å². The number of likely N-dealkylation sites (tertiary alicyclic amines) is 1. The maximum Gasteiger partial charge on any atom is 0.129 e. The molecule has 0 spiro atoms. The summed E-state index contributed by atoms with van der Waals surface area (Å²) in [6, 6.07) is 4.84. The van der Waals surface area contributed by atoms with Crippen molar-refractivity contribution in [2.24, 2.45) is 11.1 Å². The van der Waals surface area contributed by atoms with Gasteiger partial charge in [0.2, 0.25) is 0 Å². The lowest BCUT2D eigenvalue weighted by atomic mass is 9.82. The Labute approximate surface area is 126 Å². The summed E-state index contributed by atoms with van der Waals surface area (Å²) in [4.78, 5) is 2.33. The monoisotopic (exact) mass is 298 g/mol. The van der Waals surface area contributed by atoms with Crippen molar-refractivity contribution in [3.05, 3.63) is 34.6 Å². The first-order valence-electron chi connectivity index (χ1n) is 7.44. The molecule has 4 heteroatoms. The SMILES string of the molecule is CCC1(CC)CCN(C(CN)c2ccc(Cl)cc2F)C1. The third-order valence-electron chi connectivity index (χ3n) is 4.95. The largest absolute Gasteiger partial charge is 0.329 e. The molecule has 1 saturated heterocycles. The van der Waals surface area contributed by atoms with Crippen LogP contribution >= 0.6 is 11.6 Å². The van der Waals surface area contributed by atoms with Crippen LogP contribution in [-0.2, 0) is 0 Å². The minimum Gasteiger partial charge on any atom is -0.329 e. The van der Waals surface area contributed by atoms with Crippen LogP contribution in [0.25, 0.3) is 0 Å². The van der Waals surface area contributed by atoms with Crippen LogP contribution in [0, 0.1) is 11.2 Å². The lowest BCUT2D eigenvalue weighted by molar-refractivity contribution is 0.195. The van der Waals surface area contributed by atoms with Crippen LogP contribution in [0.5, 0.6) is 0 Å². The zero-order valence-electron chi connectivity index (χ0n) is 12.3. The smallest absolute Gasteiger partial charge is 0.129 e. The lowest BCUT2D eigenvalue weighted by Crippen LogP contribution is -2.34. The van der Waals surface area contributed by atoms with Gasteiger partial charge in [0.15, 0.2) is 0 Å². The molecule has 1 unspecified atom stereocenters. The molecule has 1 aromatic rings. The van der Waals surface area contributed by atoms with E-state index in [4.69, 9.17) is 17.3 Å². The Kier molecular flexibility index (Phi) is 5.05. The van der Waals surface area contributed by atoms with Gasteiger partial charge in [-0.1, -0.05) is 31.5 Å². The summed E-state index contributed by atoms with van der Waals surface area (Å²) in [5.74, 6) is -0.251. The minimum absolute atomic E-state index is 0.0489. The summed E-state index contributed by atoms with van der Waals surface area (Å²) in [5, 5.41) is 0.430. The molecule has 2 N–H and O–H groups in total. The van der Waals surface area contributed by atoms with Gasteiger partial charge in [-0.3, -0.25) is 4.90 Å². The van der Waals surface area contributed by atoms with Crippen LogP contribution in [0.3, 0.4) is 0 Å². The first kappa shape index (κ1) is 15.7. The van der Waals surface area contributed by atoms with Crippen molar-refractivity contribution >= 4 is 11.6 Å². The van der Waals surface area contributed by atoms with E-state index >= 15 is 0 Å². The Morgan fingerprint density at radius 2 is 2.10 bits per heavy atom. The number of nitrogens with two attached hydrogens (primary N) is 1. The van der Waals surface area contributed by atoms with Crippen LogP contribution in [0.2, 0.25) is 5.02 Å². The molecule has 2 nitrogen and oxygen atoms in total. The molecule has 1 atom stereocenters. The molecule has 0 bridgehead atoms. The van der Waals surface area contributed by atoms with Crippen molar-refractivity contribution < 1.29 is 4.39 Å². The van der Waals surface area contributed by atoms with Crippen LogP contribution in [0.15, 0.2) is 18.2 Å². The second-order valence-corrected chi connectivity index (χ2v) is 6.28. The Bertz CT molecular complexity index is 460. The highest BCUT2D eigenvalue weighted by atomic mass is 35.5. The molecule has 2 rings (SSSR count). The summed E-state index contributed by atoms with van der Waals surface area (Å²) in [6.45, 7) is 6.91. The zero-order valence-corrected chi connectivity index (χ0v) is 13.1. The van der Waals surface area contributed by atoms with Gasteiger partial charge < -0.3 is 5.73 Å². The Morgan fingerprint density at radius 1 is 1.40 bits per heavy atom. The number of hydrogen-bond donors (Lipinski definition) is 1. The molecule has 1 heterocycles. The van der Waals surface area contributed by atoms with Crippen molar-refractivity contribution in [3.63, 3.8) is 0 Å². The van der Waals surface area contributed by atoms with Crippen LogP contribution < -0.4 is 5.73 Å². The topological polar surface area (TPSA) is 29.3 Å². The molecular weight excluding hydrogens is 275 g/mol. The van der Waals surface area contributed by atoms with Gasteiger partial charge in [0.05, 0.1) is 0 Å². The summed E-state index contributed by atoms with van der Waals surface area (Å²) < 4.78 is 14.1. The van der Waals surface area contributed by atoms with Crippen LogP contribution in [0.1, 0.15) is 44.7 Å². The first-order chi connectivity index (χ1) is 9.55. The van der Waals surface area contributed by atoms with Gasteiger partial charge in [0.1, 0.15) is 5.82 Å². The van der Waals surface area contributed by atoms with E-state index in [1.165, 1.54) is 25.3 Å². The maximum absolute atomic E-state index is 14.1.